The van der Waals surface area contributed by atoms with Crippen LogP contribution in [0.3, 0.4) is 0 Å². The SMILES string of the molecule is CC(O)C(N)C(=O)NC(CCCN=C(N)N)C(=O)NC(Cc1ccccc1)C(=O)NCC(=O)O. The lowest BCUT2D eigenvalue weighted by atomic mass is 10.0. The molecule has 13 nitrogen and oxygen atoms in total. The van der Waals surface area contributed by atoms with Crippen LogP contribution in [0.2, 0.25) is 0 Å². The molecule has 0 aliphatic heterocycles. The van der Waals surface area contributed by atoms with Crippen LogP contribution in [0.1, 0.15) is 25.3 Å². The number of hydrogen-bond donors (Lipinski definition) is 8. The van der Waals surface area contributed by atoms with Crippen LogP contribution in [-0.4, -0.2) is 77.2 Å². The van der Waals surface area contributed by atoms with Crippen LogP contribution in [0.4, 0.5) is 0 Å². The van der Waals surface area contributed by atoms with E-state index in [1.165, 1.54) is 6.92 Å². The van der Waals surface area contributed by atoms with E-state index in [1.807, 2.05) is 0 Å². The number of aliphatic hydroxyl groups excluding tert-OH is 1. The Balaban J connectivity index is 3.02. The molecule has 1 aromatic carbocycles. The first-order chi connectivity index (χ1) is 16.0. The smallest absolute Gasteiger partial charge is 0.322 e. The molecule has 0 saturated carbocycles. The van der Waals surface area contributed by atoms with Crippen molar-refractivity contribution in [2.45, 2.75) is 50.4 Å². The van der Waals surface area contributed by atoms with E-state index in [0.717, 1.165) is 5.56 Å². The van der Waals surface area contributed by atoms with E-state index in [-0.39, 0.29) is 25.3 Å². The van der Waals surface area contributed by atoms with Gasteiger partial charge in [0.05, 0.1) is 6.10 Å². The standard InChI is InChI=1S/C21H33N7O6/c1-12(29)17(22)20(34)27-14(8-5-9-25-21(23)24)19(33)28-15(18(32)26-11-16(30)31)10-13-6-3-2-4-7-13/h2-4,6-7,12,14-15,17,29H,5,8-11,22H2,1H3,(H,26,32)(H,27,34)(H,28,33)(H,30,31)(H4,23,24,25). The second-order valence-corrected chi connectivity index (χ2v) is 7.64. The van der Waals surface area contributed by atoms with Gasteiger partial charge in [-0.2, -0.15) is 0 Å². The van der Waals surface area contributed by atoms with Crippen molar-refractivity contribution in [1.29, 1.82) is 0 Å². The summed E-state index contributed by atoms with van der Waals surface area (Å²) in [6.07, 6.45) is -0.650. The monoisotopic (exact) mass is 479 g/mol. The van der Waals surface area contributed by atoms with Gasteiger partial charge in [0.2, 0.25) is 17.7 Å². The Bertz CT molecular complexity index is 858. The average Bonchev–Trinajstić information content (AvgIpc) is 2.78. The fourth-order valence-electron chi connectivity index (χ4n) is 2.88. The minimum absolute atomic E-state index is 0.0832. The predicted molar refractivity (Wildman–Crippen MR) is 124 cm³/mol. The van der Waals surface area contributed by atoms with E-state index in [2.05, 4.69) is 20.9 Å². The van der Waals surface area contributed by atoms with Gasteiger partial charge in [-0.05, 0) is 25.3 Å². The normalized spacial score (nSPS) is 14.1. The molecule has 4 unspecified atom stereocenters. The number of carbonyl (C=O) groups excluding carboxylic acids is 3. The number of rotatable bonds is 14. The molecule has 11 N–H and O–H groups in total. The zero-order chi connectivity index (χ0) is 25.7. The Morgan fingerprint density at radius 2 is 1.62 bits per heavy atom. The quantitative estimate of drug-likeness (QED) is 0.0778. The van der Waals surface area contributed by atoms with Crippen LogP contribution in [0.5, 0.6) is 0 Å². The summed E-state index contributed by atoms with van der Waals surface area (Å²) in [5, 5.41) is 25.7. The maximum atomic E-state index is 13.0. The summed E-state index contributed by atoms with van der Waals surface area (Å²) < 4.78 is 0. The van der Waals surface area contributed by atoms with Crippen molar-refractivity contribution in [1.82, 2.24) is 16.0 Å². The van der Waals surface area contributed by atoms with Crippen molar-refractivity contribution in [2.75, 3.05) is 13.1 Å². The number of amides is 3. The van der Waals surface area contributed by atoms with Crippen molar-refractivity contribution in [2.24, 2.45) is 22.2 Å². The van der Waals surface area contributed by atoms with Gasteiger partial charge in [0.15, 0.2) is 5.96 Å². The van der Waals surface area contributed by atoms with E-state index >= 15 is 0 Å². The van der Waals surface area contributed by atoms with Gasteiger partial charge in [-0.3, -0.25) is 24.2 Å². The molecule has 0 heterocycles. The fourth-order valence-corrected chi connectivity index (χ4v) is 2.88. The Hall–Kier alpha value is -3.71. The van der Waals surface area contributed by atoms with Crippen molar-refractivity contribution in [3.63, 3.8) is 0 Å². The summed E-state index contributed by atoms with van der Waals surface area (Å²) in [4.78, 5) is 52.6. The number of nitrogens with zero attached hydrogens (tertiary/aromatic N) is 1. The summed E-state index contributed by atoms with van der Waals surface area (Å²) in [6.45, 7) is 0.902. The molecule has 0 spiro atoms. The molecule has 0 fully saturated rings. The molecule has 4 atom stereocenters. The molecule has 1 rings (SSSR count). The molecule has 0 saturated heterocycles. The van der Waals surface area contributed by atoms with E-state index in [1.54, 1.807) is 30.3 Å². The number of nitrogens with one attached hydrogen (secondary N) is 3. The lowest BCUT2D eigenvalue weighted by Crippen LogP contribution is -2.57. The highest BCUT2D eigenvalue weighted by molar-refractivity contribution is 5.93. The van der Waals surface area contributed by atoms with Gasteiger partial charge in [-0.15, -0.1) is 0 Å². The number of aliphatic imine (C=N–C) groups is 1. The molecule has 1 aromatic rings. The number of carbonyl (C=O) groups is 4. The van der Waals surface area contributed by atoms with Gasteiger partial charge >= 0.3 is 5.97 Å². The number of aliphatic carboxylic acids is 1. The molecule has 188 valence electrons. The maximum absolute atomic E-state index is 13.0. The van der Waals surface area contributed by atoms with Crippen LogP contribution >= 0.6 is 0 Å². The number of carboxylic acids is 1. The topological polar surface area (TPSA) is 235 Å². The number of hydrogen-bond acceptors (Lipinski definition) is 7. The highest BCUT2D eigenvalue weighted by Gasteiger charge is 2.29. The van der Waals surface area contributed by atoms with Crippen molar-refractivity contribution in [3.05, 3.63) is 35.9 Å². The molecule has 0 aromatic heterocycles. The lowest BCUT2D eigenvalue weighted by molar-refractivity contribution is -0.138. The number of aliphatic hydroxyl groups is 1. The molecule has 34 heavy (non-hydrogen) atoms. The van der Waals surface area contributed by atoms with Crippen LogP contribution in [0, 0.1) is 0 Å². The number of nitrogens with two attached hydrogens (primary N) is 3. The first-order valence-corrected chi connectivity index (χ1v) is 10.6. The van der Waals surface area contributed by atoms with Crippen LogP contribution in [0.15, 0.2) is 35.3 Å². The molecule has 3 amide bonds. The van der Waals surface area contributed by atoms with Gasteiger partial charge in [0.25, 0.3) is 0 Å². The second-order valence-electron chi connectivity index (χ2n) is 7.64. The van der Waals surface area contributed by atoms with Crippen LogP contribution in [0.25, 0.3) is 0 Å². The van der Waals surface area contributed by atoms with Crippen molar-refractivity contribution >= 4 is 29.7 Å². The first-order valence-electron chi connectivity index (χ1n) is 10.6. The molecule has 13 heteroatoms. The minimum Gasteiger partial charge on any atom is -0.480 e. The van der Waals surface area contributed by atoms with Crippen molar-refractivity contribution in [3.8, 4) is 0 Å². The third-order valence-electron chi connectivity index (χ3n) is 4.73. The highest BCUT2D eigenvalue weighted by Crippen LogP contribution is 2.06. The van der Waals surface area contributed by atoms with E-state index < -0.39 is 54.5 Å². The molecular formula is C21H33N7O6. The first kappa shape index (κ1) is 28.3. The molecule has 0 bridgehead atoms. The van der Waals surface area contributed by atoms with E-state index in [0.29, 0.717) is 6.42 Å². The predicted octanol–water partition coefficient (Wildman–Crippen LogP) is -2.84. The van der Waals surface area contributed by atoms with E-state index in [4.69, 9.17) is 22.3 Å². The summed E-state index contributed by atoms with van der Waals surface area (Å²) in [5.41, 5.74) is 17.0. The van der Waals surface area contributed by atoms with Crippen molar-refractivity contribution < 1.29 is 29.4 Å². The van der Waals surface area contributed by atoms with Crippen LogP contribution < -0.4 is 33.2 Å². The van der Waals surface area contributed by atoms with Gasteiger partial charge < -0.3 is 43.4 Å². The summed E-state index contributed by atoms with van der Waals surface area (Å²) in [6, 6.07) is 5.30. The minimum atomic E-state index is -1.27. The van der Waals surface area contributed by atoms with Gasteiger partial charge in [-0.1, -0.05) is 30.3 Å². The van der Waals surface area contributed by atoms with Gasteiger partial charge in [-0.25, -0.2) is 0 Å². The Kier molecular flexibility index (Phi) is 12.0. The summed E-state index contributed by atoms with van der Waals surface area (Å²) >= 11 is 0. The fraction of sp³-hybridized carbons (Fsp3) is 0.476. The average molecular weight is 480 g/mol. The van der Waals surface area contributed by atoms with E-state index in [9.17, 15) is 24.3 Å². The molecular weight excluding hydrogens is 446 g/mol. The second kappa shape index (κ2) is 14.4. The van der Waals surface area contributed by atoms with Gasteiger partial charge in [0, 0.05) is 13.0 Å². The zero-order valence-electron chi connectivity index (χ0n) is 18.9. The van der Waals surface area contributed by atoms with Crippen LogP contribution in [-0.2, 0) is 25.6 Å². The maximum Gasteiger partial charge on any atom is 0.322 e. The molecule has 0 aliphatic carbocycles. The zero-order valence-corrected chi connectivity index (χ0v) is 18.9. The third kappa shape index (κ3) is 10.7. The summed E-state index contributed by atoms with van der Waals surface area (Å²) in [5.74, 6) is -3.52. The number of guanidine groups is 1. The number of carboxylic acid groups (broad SMARTS) is 1. The Morgan fingerprint density at radius 3 is 2.18 bits per heavy atom. The molecule has 0 aliphatic rings. The Labute approximate surface area is 197 Å². The summed E-state index contributed by atoms with van der Waals surface area (Å²) in [7, 11) is 0. The largest absolute Gasteiger partial charge is 0.480 e. The van der Waals surface area contributed by atoms with Gasteiger partial charge in [0.1, 0.15) is 24.7 Å². The lowest BCUT2D eigenvalue weighted by Gasteiger charge is -2.24. The molecule has 0 radical (unpaired) electrons. The number of benzene rings is 1. The Morgan fingerprint density at radius 1 is 1.00 bits per heavy atom. The third-order valence-corrected chi connectivity index (χ3v) is 4.73. The highest BCUT2D eigenvalue weighted by atomic mass is 16.4.